The van der Waals surface area contributed by atoms with E-state index in [0.29, 0.717) is 24.3 Å². The van der Waals surface area contributed by atoms with Gasteiger partial charge in [-0.1, -0.05) is 44.2 Å². The highest BCUT2D eigenvalue weighted by Crippen LogP contribution is 2.27. The van der Waals surface area contributed by atoms with E-state index < -0.39 is 0 Å². The van der Waals surface area contributed by atoms with Crippen LogP contribution in [0.15, 0.2) is 36.4 Å². The predicted molar refractivity (Wildman–Crippen MR) is 81.4 cm³/mol. The van der Waals surface area contributed by atoms with Crippen LogP contribution in [0.25, 0.3) is 10.8 Å². The molecule has 0 aromatic heterocycles. The molecule has 2 N–H and O–H groups in total. The van der Waals surface area contributed by atoms with E-state index in [0.717, 1.165) is 17.4 Å². The highest BCUT2D eigenvalue weighted by molar-refractivity contribution is 5.87. The largest absolute Gasteiger partial charge is 0.508 e. The summed E-state index contributed by atoms with van der Waals surface area (Å²) in [5.74, 6) is 1.06. The SMILES string of the molecule is CC(C)CC(C)NCc1c(O)ccc2ccccc12. The van der Waals surface area contributed by atoms with Crippen LogP contribution in [0.4, 0.5) is 0 Å². The fourth-order valence-corrected chi connectivity index (χ4v) is 2.58. The lowest BCUT2D eigenvalue weighted by Gasteiger charge is -2.17. The van der Waals surface area contributed by atoms with Crippen molar-refractivity contribution in [3.05, 3.63) is 42.0 Å². The molecule has 0 aliphatic carbocycles. The van der Waals surface area contributed by atoms with Crippen LogP contribution in [0.2, 0.25) is 0 Å². The third-order valence-corrected chi connectivity index (χ3v) is 3.47. The summed E-state index contributed by atoms with van der Waals surface area (Å²) in [5.41, 5.74) is 0.994. The molecule has 1 unspecified atom stereocenters. The lowest BCUT2D eigenvalue weighted by molar-refractivity contribution is 0.430. The summed E-state index contributed by atoms with van der Waals surface area (Å²) >= 11 is 0. The Balaban J connectivity index is 2.18. The highest BCUT2D eigenvalue weighted by Gasteiger charge is 2.09. The molecular weight excluding hydrogens is 234 g/mol. The van der Waals surface area contributed by atoms with Crippen molar-refractivity contribution in [1.29, 1.82) is 0 Å². The van der Waals surface area contributed by atoms with Crippen molar-refractivity contribution >= 4 is 10.8 Å². The maximum Gasteiger partial charge on any atom is 0.120 e. The summed E-state index contributed by atoms with van der Waals surface area (Å²) in [7, 11) is 0. The molecule has 19 heavy (non-hydrogen) atoms. The summed E-state index contributed by atoms with van der Waals surface area (Å²) < 4.78 is 0. The van der Waals surface area contributed by atoms with Gasteiger partial charge in [-0.2, -0.15) is 0 Å². The predicted octanol–water partition coefficient (Wildman–Crippen LogP) is 4.07. The van der Waals surface area contributed by atoms with Crippen molar-refractivity contribution < 1.29 is 5.11 Å². The molecule has 2 aromatic rings. The van der Waals surface area contributed by atoms with Crippen LogP contribution < -0.4 is 5.32 Å². The first-order chi connectivity index (χ1) is 9.08. The monoisotopic (exact) mass is 257 g/mol. The maximum atomic E-state index is 10.1. The van der Waals surface area contributed by atoms with E-state index in [1.165, 1.54) is 5.39 Å². The zero-order chi connectivity index (χ0) is 13.8. The number of fused-ring (bicyclic) bond motifs is 1. The molecular formula is C17H23NO. The van der Waals surface area contributed by atoms with Crippen LogP contribution in [0.1, 0.15) is 32.8 Å². The molecule has 2 heteroatoms. The van der Waals surface area contributed by atoms with E-state index in [4.69, 9.17) is 0 Å². The lowest BCUT2D eigenvalue weighted by atomic mass is 10.0. The zero-order valence-electron chi connectivity index (χ0n) is 12.0. The average Bonchev–Trinajstić information content (AvgIpc) is 2.36. The van der Waals surface area contributed by atoms with Gasteiger partial charge in [-0.15, -0.1) is 0 Å². The van der Waals surface area contributed by atoms with Gasteiger partial charge in [0, 0.05) is 18.2 Å². The summed E-state index contributed by atoms with van der Waals surface area (Å²) in [5, 5.41) is 15.9. The van der Waals surface area contributed by atoms with Crippen molar-refractivity contribution in [1.82, 2.24) is 5.32 Å². The van der Waals surface area contributed by atoms with E-state index >= 15 is 0 Å². The first-order valence-corrected chi connectivity index (χ1v) is 7.01. The Morgan fingerprint density at radius 1 is 1.05 bits per heavy atom. The van der Waals surface area contributed by atoms with Gasteiger partial charge < -0.3 is 10.4 Å². The van der Waals surface area contributed by atoms with Crippen LogP contribution in [-0.4, -0.2) is 11.1 Å². The number of nitrogens with one attached hydrogen (secondary N) is 1. The van der Waals surface area contributed by atoms with Crippen molar-refractivity contribution in [2.24, 2.45) is 5.92 Å². The van der Waals surface area contributed by atoms with E-state index in [1.807, 2.05) is 18.2 Å². The molecule has 0 radical (unpaired) electrons. The molecule has 0 bridgehead atoms. The number of rotatable bonds is 5. The Bertz CT molecular complexity index is 548. The van der Waals surface area contributed by atoms with Crippen LogP contribution >= 0.6 is 0 Å². The number of aromatic hydroxyl groups is 1. The van der Waals surface area contributed by atoms with Gasteiger partial charge in [0.2, 0.25) is 0 Å². The molecule has 0 aliphatic rings. The van der Waals surface area contributed by atoms with Gasteiger partial charge in [0.05, 0.1) is 0 Å². The number of phenolic OH excluding ortho intramolecular Hbond substituents is 1. The van der Waals surface area contributed by atoms with Crippen molar-refractivity contribution in [3.8, 4) is 5.75 Å². The first kappa shape index (κ1) is 13.9. The van der Waals surface area contributed by atoms with E-state index in [1.54, 1.807) is 6.07 Å². The number of benzene rings is 2. The van der Waals surface area contributed by atoms with Crippen LogP contribution in [0, 0.1) is 5.92 Å². The second kappa shape index (κ2) is 6.07. The van der Waals surface area contributed by atoms with Gasteiger partial charge in [0.25, 0.3) is 0 Å². The molecule has 0 heterocycles. The smallest absolute Gasteiger partial charge is 0.120 e. The molecule has 0 spiro atoms. The third kappa shape index (κ3) is 3.48. The molecule has 0 aliphatic heterocycles. The Kier molecular flexibility index (Phi) is 4.43. The topological polar surface area (TPSA) is 32.3 Å². The fourth-order valence-electron chi connectivity index (χ4n) is 2.58. The summed E-state index contributed by atoms with van der Waals surface area (Å²) in [6.07, 6.45) is 1.14. The maximum absolute atomic E-state index is 10.1. The van der Waals surface area contributed by atoms with Crippen LogP contribution in [-0.2, 0) is 6.54 Å². The first-order valence-electron chi connectivity index (χ1n) is 7.01. The molecule has 1 atom stereocenters. The number of hydrogen-bond donors (Lipinski definition) is 2. The summed E-state index contributed by atoms with van der Waals surface area (Å²) in [6, 6.07) is 12.4. The van der Waals surface area contributed by atoms with E-state index in [9.17, 15) is 5.11 Å². The quantitative estimate of drug-likeness (QED) is 0.846. The minimum atomic E-state index is 0.378. The highest BCUT2D eigenvalue weighted by atomic mass is 16.3. The molecule has 0 amide bonds. The minimum Gasteiger partial charge on any atom is -0.508 e. The summed E-state index contributed by atoms with van der Waals surface area (Å²) in [4.78, 5) is 0. The molecule has 2 nitrogen and oxygen atoms in total. The second-order valence-electron chi connectivity index (χ2n) is 5.70. The molecule has 0 fully saturated rings. The lowest BCUT2D eigenvalue weighted by Crippen LogP contribution is -2.26. The standard InChI is InChI=1S/C17H23NO/c1-12(2)10-13(3)18-11-16-15-7-5-4-6-14(15)8-9-17(16)19/h4-9,12-13,18-19H,10-11H2,1-3H3. The fraction of sp³-hybridized carbons (Fsp3) is 0.412. The Hall–Kier alpha value is -1.54. The number of hydrogen-bond acceptors (Lipinski definition) is 2. The van der Waals surface area contributed by atoms with E-state index in [2.05, 4.69) is 38.2 Å². The van der Waals surface area contributed by atoms with Gasteiger partial charge in [-0.3, -0.25) is 0 Å². The average molecular weight is 257 g/mol. The third-order valence-electron chi connectivity index (χ3n) is 3.47. The van der Waals surface area contributed by atoms with Gasteiger partial charge >= 0.3 is 0 Å². The van der Waals surface area contributed by atoms with Crippen LogP contribution in [0.5, 0.6) is 5.75 Å². The Labute approximate surface area is 115 Å². The normalized spacial score (nSPS) is 13.1. The molecule has 102 valence electrons. The zero-order valence-corrected chi connectivity index (χ0v) is 12.0. The number of phenols is 1. The Morgan fingerprint density at radius 2 is 1.79 bits per heavy atom. The minimum absolute atomic E-state index is 0.378. The van der Waals surface area contributed by atoms with Crippen molar-refractivity contribution in [2.75, 3.05) is 0 Å². The van der Waals surface area contributed by atoms with Crippen molar-refractivity contribution in [2.45, 2.75) is 39.8 Å². The Morgan fingerprint density at radius 3 is 2.53 bits per heavy atom. The van der Waals surface area contributed by atoms with Crippen molar-refractivity contribution in [3.63, 3.8) is 0 Å². The van der Waals surface area contributed by atoms with Gasteiger partial charge in [-0.25, -0.2) is 0 Å². The van der Waals surface area contributed by atoms with E-state index in [-0.39, 0.29) is 0 Å². The van der Waals surface area contributed by atoms with Gasteiger partial charge in [0.15, 0.2) is 0 Å². The molecule has 0 saturated heterocycles. The molecule has 2 aromatic carbocycles. The second-order valence-corrected chi connectivity index (χ2v) is 5.70. The molecule has 2 rings (SSSR count). The summed E-state index contributed by atoms with van der Waals surface area (Å²) in [6.45, 7) is 7.37. The van der Waals surface area contributed by atoms with Gasteiger partial charge in [-0.05, 0) is 36.1 Å². The van der Waals surface area contributed by atoms with Crippen LogP contribution in [0.3, 0.4) is 0 Å². The molecule has 0 saturated carbocycles. The van der Waals surface area contributed by atoms with Gasteiger partial charge in [0.1, 0.15) is 5.75 Å².